The number of ether oxygens (including phenoxy) is 2. The van der Waals surface area contributed by atoms with Crippen molar-refractivity contribution >= 4 is 0 Å². The molecule has 2 heterocycles. The zero-order valence-electron chi connectivity index (χ0n) is 7.14. The van der Waals surface area contributed by atoms with Crippen LogP contribution in [0.25, 0.3) is 0 Å². The van der Waals surface area contributed by atoms with Gasteiger partial charge in [-0.05, 0) is 18.3 Å². The van der Waals surface area contributed by atoms with E-state index in [-0.39, 0.29) is 6.29 Å². The minimum absolute atomic E-state index is 0.105. The summed E-state index contributed by atoms with van der Waals surface area (Å²) < 4.78 is 10.8. The Morgan fingerprint density at radius 2 is 2.08 bits per heavy atom. The normalized spacial score (nSPS) is 62.5. The molecule has 1 N–H and O–H groups in total. The van der Waals surface area contributed by atoms with Gasteiger partial charge in [0, 0.05) is 11.8 Å². The molecule has 0 radical (unpaired) electrons. The maximum atomic E-state index is 9.59. The number of rotatable bonds is 0. The van der Waals surface area contributed by atoms with Crippen LogP contribution in [0, 0.1) is 23.7 Å². The molecular formula is C9H14O3. The Labute approximate surface area is 71.7 Å². The van der Waals surface area contributed by atoms with Crippen LogP contribution >= 0.6 is 0 Å². The molecule has 3 aliphatic rings. The summed E-state index contributed by atoms with van der Waals surface area (Å²) in [4.78, 5) is 0. The number of aliphatic hydroxyl groups is 1. The van der Waals surface area contributed by atoms with Crippen LogP contribution < -0.4 is 0 Å². The molecule has 2 bridgehead atoms. The molecule has 12 heavy (non-hydrogen) atoms. The number of aliphatic hydroxyl groups excluding tert-OH is 1. The predicted octanol–water partition coefficient (Wildman–Crippen LogP) is 0.580. The molecule has 2 saturated heterocycles. The van der Waals surface area contributed by atoms with Crippen LogP contribution in [0.4, 0.5) is 0 Å². The maximum absolute atomic E-state index is 9.59. The summed E-state index contributed by atoms with van der Waals surface area (Å²) in [6, 6.07) is 0. The Morgan fingerprint density at radius 3 is 2.92 bits per heavy atom. The Bertz CT molecular complexity index is 204. The van der Waals surface area contributed by atoms with E-state index in [9.17, 15) is 5.11 Å². The van der Waals surface area contributed by atoms with Crippen molar-refractivity contribution in [1.29, 1.82) is 0 Å². The van der Waals surface area contributed by atoms with Gasteiger partial charge in [-0.3, -0.25) is 0 Å². The molecule has 6 atom stereocenters. The van der Waals surface area contributed by atoms with E-state index in [2.05, 4.69) is 6.92 Å². The topological polar surface area (TPSA) is 38.7 Å². The van der Waals surface area contributed by atoms with Crippen molar-refractivity contribution < 1.29 is 14.6 Å². The minimum Gasteiger partial charge on any atom is -0.368 e. The van der Waals surface area contributed by atoms with Crippen LogP contribution in [0.2, 0.25) is 0 Å². The first-order valence-electron chi connectivity index (χ1n) is 4.72. The van der Waals surface area contributed by atoms with Gasteiger partial charge in [0.2, 0.25) is 0 Å². The highest BCUT2D eigenvalue weighted by molar-refractivity contribution is 4.97. The van der Waals surface area contributed by atoms with Crippen LogP contribution in [0.3, 0.4) is 0 Å². The van der Waals surface area contributed by atoms with Crippen molar-refractivity contribution in [3.8, 4) is 0 Å². The summed E-state index contributed by atoms with van der Waals surface area (Å²) >= 11 is 0. The van der Waals surface area contributed by atoms with Crippen LogP contribution in [0.5, 0.6) is 0 Å². The van der Waals surface area contributed by atoms with Gasteiger partial charge in [-0.25, -0.2) is 0 Å². The lowest BCUT2D eigenvalue weighted by molar-refractivity contribution is -0.267. The van der Waals surface area contributed by atoms with E-state index in [1.54, 1.807) is 0 Å². The molecule has 1 aliphatic carbocycles. The first-order chi connectivity index (χ1) is 5.77. The van der Waals surface area contributed by atoms with Crippen molar-refractivity contribution in [2.24, 2.45) is 23.7 Å². The number of fused-ring (bicyclic) bond motifs is 1. The Kier molecular flexibility index (Phi) is 1.35. The fraction of sp³-hybridized carbons (Fsp3) is 1.00. The lowest BCUT2D eigenvalue weighted by Gasteiger charge is -2.31. The van der Waals surface area contributed by atoms with E-state index in [4.69, 9.17) is 9.47 Å². The fourth-order valence-corrected chi connectivity index (χ4v) is 3.08. The summed E-state index contributed by atoms with van der Waals surface area (Å²) in [5.41, 5.74) is 0. The lowest BCUT2D eigenvalue weighted by atomic mass is 9.91. The van der Waals surface area contributed by atoms with Crippen molar-refractivity contribution in [3.63, 3.8) is 0 Å². The molecule has 0 aromatic heterocycles. The van der Waals surface area contributed by atoms with Gasteiger partial charge >= 0.3 is 0 Å². The van der Waals surface area contributed by atoms with Gasteiger partial charge in [0.1, 0.15) is 0 Å². The zero-order valence-corrected chi connectivity index (χ0v) is 7.14. The molecule has 3 heteroatoms. The van der Waals surface area contributed by atoms with E-state index < -0.39 is 6.29 Å². The first-order valence-corrected chi connectivity index (χ1v) is 4.72. The molecule has 0 spiro atoms. The summed E-state index contributed by atoms with van der Waals surface area (Å²) in [6.07, 6.45) is 0.412. The first kappa shape index (κ1) is 7.30. The number of hydrogen-bond acceptors (Lipinski definition) is 3. The van der Waals surface area contributed by atoms with Crippen molar-refractivity contribution in [3.05, 3.63) is 0 Å². The van der Waals surface area contributed by atoms with Crippen LogP contribution in [-0.4, -0.2) is 24.3 Å². The van der Waals surface area contributed by atoms with Gasteiger partial charge in [-0.1, -0.05) is 6.92 Å². The molecule has 2 aliphatic heterocycles. The molecule has 0 amide bonds. The average molecular weight is 170 g/mol. The number of hydrogen-bond donors (Lipinski definition) is 1. The molecular weight excluding hydrogens is 156 g/mol. The second kappa shape index (κ2) is 2.22. The van der Waals surface area contributed by atoms with Gasteiger partial charge in [0.15, 0.2) is 12.6 Å². The van der Waals surface area contributed by atoms with Crippen molar-refractivity contribution in [2.75, 3.05) is 6.61 Å². The summed E-state index contributed by atoms with van der Waals surface area (Å²) in [5, 5.41) is 9.59. The zero-order chi connectivity index (χ0) is 8.29. The van der Waals surface area contributed by atoms with Gasteiger partial charge in [-0.2, -0.15) is 0 Å². The minimum atomic E-state index is -0.577. The second-order valence-electron chi connectivity index (χ2n) is 4.31. The molecule has 4 unspecified atom stereocenters. The quantitative estimate of drug-likeness (QED) is 0.578. The van der Waals surface area contributed by atoms with E-state index in [1.807, 2.05) is 0 Å². The molecule has 3 fully saturated rings. The van der Waals surface area contributed by atoms with E-state index in [0.29, 0.717) is 23.7 Å². The van der Waals surface area contributed by atoms with Crippen LogP contribution in [0.1, 0.15) is 13.3 Å². The molecule has 0 aromatic rings. The largest absolute Gasteiger partial charge is 0.368 e. The summed E-state index contributed by atoms with van der Waals surface area (Å²) in [5.74, 6) is 2.13. The lowest BCUT2D eigenvalue weighted by Crippen LogP contribution is -2.37. The Hall–Kier alpha value is -0.120. The van der Waals surface area contributed by atoms with Gasteiger partial charge in [-0.15, -0.1) is 0 Å². The van der Waals surface area contributed by atoms with E-state index in [1.165, 1.54) is 0 Å². The molecule has 68 valence electrons. The molecule has 1 saturated carbocycles. The summed E-state index contributed by atoms with van der Waals surface area (Å²) in [6.45, 7) is 3.04. The third-order valence-electron chi connectivity index (χ3n) is 3.89. The standard InChI is InChI=1S/C9H14O3/c1-4-5-2-6-7(4)3-11-9(6)12-8(5)10/h4-10H,2-3H2,1H3/t4-,5?,6?,7?,8?,9+/m0/s1. The van der Waals surface area contributed by atoms with Gasteiger partial charge in [0.05, 0.1) is 6.61 Å². The maximum Gasteiger partial charge on any atom is 0.163 e. The monoisotopic (exact) mass is 170 g/mol. The SMILES string of the molecule is C[C@H]1C2CC3C1CO[C@@H]3OC2O. The van der Waals surface area contributed by atoms with Crippen molar-refractivity contribution in [1.82, 2.24) is 0 Å². The Balaban J connectivity index is 1.96. The smallest absolute Gasteiger partial charge is 0.163 e. The second-order valence-corrected chi connectivity index (χ2v) is 4.31. The highest BCUT2D eigenvalue weighted by Crippen LogP contribution is 2.53. The molecule has 0 aromatic carbocycles. The summed E-state index contributed by atoms with van der Waals surface area (Å²) in [7, 11) is 0. The van der Waals surface area contributed by atoms with E-state index >= 15 is 0 Å². The van der Waals surface area contributed by atoms with Crippen molar-refractivity contribution in [2.45, 2.75) is 25.9 Å². The predicted molar refractivity (Wildman–Crippen MR) is 41.1 cm³/mol. The van der Waals surface area contributed by atoms with Gasteiger partial charge in [0.25, 0.3) is 0 Å². The van der Waals surface area contributed by atoms with Gasteiger partial charge < -0.3 is 14.6 Å². The van der Waals surface area contributed by atoms with Crippen LogP contribution in [-0.2, 0) is 9.47 Å². The van der Waals surface area contributed by atoms with Crippen LogP contribution in [0.15, 0.2) is 0 Å². The Morgan fingerprint density at radius 1 is 1.25 bits per heavy atom. The third-order valence-corrected chi connectivity index (χ3v) is 3.89. The molecule has 3 nitrogen and oxygen atoms in total. The highest BCUT2D eigenvalue weighted by Gasteiger charge is 2.56. The van der Waals surface area contributed by atoms with E-state index in [0.717, 1.165) is 13.0 Å². The average Bonchev–Trinajstić information content (AvgIpc) is 2.54. The molecule has 3 rings (SSSR count). The third kappa shape index (κ3) is 0.721. The fourth-order valence-electron chi connectivity index (χ4n) is 3.08. The highest BCUT2D eigenvalue weighted by atomic mass is 16.7.